The molecule has 0 aliphatic carbocycles. The zero-order valence-corrected chi connectivity index (χ0v) is 27.2. The maximum absolute atomic E-state index is 5.81. The van der Waals surface area contributed by atoms with Gasteiger partial charge in [-0.1, -0.05) is 136 Å². The SMILES string of the molecule is [Br-].c1ccc(COCCCCCCCCCCCCC[P+](c2ccccc2)(c2ccccc2)c2ccccc2)cc1. The van der Waals surface area contributed by atoms with Crippen molar-refractivity contribution in [2.75, 3.05) is 12.8 Å². The molecule has 41 heavy (non-hydrogen) atoms. The van der Waals surface area contributed by atoms with E-state index in [9.17, 15) is 0 Å². The molecule has 0 bridgehead atoms. The van der Waals surface area contributed by atoms with Crippen molar-refractivity contribution in [2.45, 2.75) is 77.2 Å². The minimum Gasteiger partial charge on any atom is -1.00 e. The van der Waals surface area contributed by atoms with Crippen LogP contribution in [0.1, 0.15) is 76.2 Å². The van der Waals surface area contributed by atoms with Crippen LogP contribution in [0.4, 0.5) is 0 Å². The van der Waals surface area contributed by atoms with Crippen molar-refractivity contribution in [1.82, 2.24) is 0 Å². The van der Waals surface area contributed by atoms with E-state index >= 15 is 0 Å². The molecule has 0 spiro atoms. The highest BCUT2D eigenvalue weighted by atomic mass is 79.9. The first-order valence-corrected chi connectivity index (χ1v) is 17.5. The first-order chi connectivity index (χ1) is 19.9. The lowest BCUT2D eigenvalue weighted by Gasteiger charge is -2.27. The van der Waals surface area contributed by atoms with Crippen molar-refractivity contribution in [2.24, 2.45) is 0 Å². The van der Waals surface area contributed by atoms with Gasteiger partial charge < -0.3 is 21.7 Å². The Morgan fingerprint density at radius 1 is 0.390 bits per heavy atom. The van der Waals surface area contributed by atoms with E-state index in [4.69, 9.17) is 4.74 Å². The van der Waals surface area contributed by atoms with Crippen LogP contribution >= 0.6 is 7.26 Å². The average Bonchev–Trinajstić information content (AvgIpc) is 3.03. The molecule has 0 amide bonds. The standard InChI is InChI=1S/C38H48OP.BrH/c1(2-4-6-8-22-32-39-34-35-24-14-10-15-25-35)3-5-7-9-23-33-40(36-26-16-11-17-27-36,37-28-18-12-19-29-37)38-30-20-13-21-31-38;/h10-21,24-31H,1-9,22-23,32-34H2;1H/q+1;/p-1. The third kappa shape index (κ3) is 10.8. The molecule has 0 heterocycles. The van der Waals surface area contributed by atoms with Crippen molar-refractivity contribution in [3.8, 4) is 0 Å². The summed E-state index contributed by atoms with van der Waals surface area (Å²) in [6.45, 7) is 1.63. The van der Waals surface area contributed by atoms with Gasteiger partial charge in [0.1, 0.15) is 23.2 Å². The molecule has 218 valence electrons. The zero-order chi connectivity index (χ0) is 27.6. The number of hydrogen-bond donors (Lipinski definition) is 0. The second-order valence-corrected chi connectivity index (χ2v) is 14.6. The molecule has 0 aromatic heterocycles. The normalized spacial score (nSPS) is 11.2. The van der Waals surface area contributed by atoms with Crippen LogP contribution in [0.2, 0.25) is 0 Å². The molecule has 0 aliphatic rings. The van der Waals surface area contributed by atoms with Crippen LogP contribution < -0.4 is 32.9 Å². The Bertz CT molecular complexity index is 1070. The first kappa shape index (κ1) is 33.3. The fourth-order valence-corrected chi connectivity index (χ4v) is 10.2. The number of benzene rings is 4. The molecule has 0 saturated heterocycles. The van der Waals surface area contributed by atoms with Crippen molar-refractivity contribution >= 4 is 23.2 Å². The second kappa shape index (κ2) is 19.8. The molecule has 0 aliphatic heterocycles. The van der Waals surface area contributed by atoms with E-state index in [0.29, 0.717) is 0 Å². The van der Waals surface area contributed by atoms with Crippen LogP contribution in [0.3, 0.4) is 0 Å². The smallest absolute Gasteiger partial charge is 0.112 e. The summed E-state index contributed by atoms with van der Waals surface area (Å²) >= 11 is 0. The van der Waals surface area contributed by atoms with Crippen molar-refractivity contribution < 1.29 is 21.7 Å². The number of unbranched alkanes of at least 4 members (excludes halogenated alkanes) is 10. The Labute approximate surface area is 260 Å². The Kier molecular flexibility index (Phi) is 16.1. The minimum atomic E-state index is -1.66. The van der Waals surface area contributed by atoms with E-state index in [0.717, 1.165) is 13.2 Å². The summed E-state index contributed by atoms with van der Waals surface area (Å²) in [4.78, 5) is 0. The van der Waals surface area contributed by atoms with Crippen LogP contribution in [-0.4, -0.2) is 12.8 Å². The third-order valence-corrected chi connectivity index (χ3v) is 12.5. The maximum Gasteiger partial charge on any atom is 0.112 e. The Morgan fingerprint density at radius 2 is 0.732 bits per heavy atom. The molecule has 1 nitrogen and oxygen atoms in total. The Balaban J connectivity index is 0.00000462. The lowest BCUT2D eigenvalue weighted by Crippen LogP contribution is -3.00. The topological polar surface area (TPSA) is 9.23 Å². The van der Waals surface area contributed by atoms with Gasteiger partial charge in [0.2, 0.25) is 0 Å². The van der Waals surface area contributed by atoms with Crippen molar-refractivity contribution in [1.29, 1.82) is 0 Å². The van der Waals surface area contributed by atoms with Gasteiger partial charge in [0, 0.05) is 6.61 Å². The molecule has 0 unspecified atom stereocenters. The number of ether oxygens (including phenoxy) is 1. The summed E-state index contributed by atoms with van der Waals surface area (Å²) in [6.07, 6.45) is 16.0. The molecule has 4 aromatic rings. The quantitative estimate of drug-likeness (QED) is 0.0850. The molecule has 0 saturated carbocycles. The monoisotopic (exact) mass is 630 g/mol. The largest absolute Gasteiger partial charge is 1.00 e. The molecular formula is C38H48BrOP. The van der Waals surface area contributed by atoms with Crippen LogP contribution in [0.25, 0.3) is 0 Å². The Morgan fingerprint density at radius 3 is 1.15 bits per heavy atom. The predicted molar refractivity (Wildman–Crippen MR) is 177 cm³/mol. The van der Waals surface area contributed by atoms with E-state index in [1.165, 1.54) is 98.3 Å². The third-order valence-electron chi connectivity index (χ3n) is 7.98. The molecule has 3 heteroatoms. The zero-order valence-electron chi connectivity index (χ0n) is 24.7. The second-order valence-electron chi connectivity index (χ2n) is 11.0. The predicted octanol–water partition coefficient (Wildman–Crippen LogP) is 6.49. The summed E-state index contributed by atoms with van der Waals surface area (Å²) in [5.74, 6) is 0. The summed E-state index contributed by atoms with van der Waals surface area (Å²) in [6, 6.07) is 44.4. The molecule has 0 fully saturated rings. The summed E-state index contributed by atoms with van der Waals surface area (Å²) in [5, 5.41) is 4.53. The molecular weight excluding hydrogens is 583 g/mol. The summed E-state index contributed by atoms with van der Waals surface area (Å²) < 4.78 is 5.81. The summed E-state index contributed by atoms with van der Waals surface area (Å²) in [5.41, 5.74) is 1.27. The van der Waals surface area contributed by atoms with Crippen LogP contribution in [0.5, 0.6) is 0 Å². The van der Waals surface area contributed by atoms with E-state index in [2.05, 4.69) is 121 Å². The highest BCUT2D eigenvalue weighted by Gasteiger charge is 2.44. The number of hydrogen-bond acceptors (Lipinski definition) is 1. The van der Waals surface area contributed by atoms with E-state index in [1.54, 1.807) is 0 Å². The fraction of sp³-hybridized carbons (Fsp3) is 0.368. The maximum atomic E-state index is 5.81. The number of halogens is 1. The Hall–Kier alpha value is -2.25. The average molecular weight is 632 g/mol. The highest BCUT2D eigenvalue weighted by molar-refractivity contribution is 7.95. The van der Waals surface area contributed by atoms with Crippen LogP contribution in [-0.2, 0) is 11.3 Å². The van der Waals surface area contributed by atoms with Gasteiger partial charge >= 0.3 is 0 Å². The van der Waals surface area contributed by atoms with Gasteiger partial charge in [0.15, 0.2) is 0 Å². The molecule has 0 radical (unpaired) electrons. The van der Waals surface area contributed by atoms with Crippen molar-refractivity contribution in [3.05, 3.63) is 127 Å². The van der Waals surface area contributed by atoms with Crippen LogP contribution in [0.15, 0.2) is 121 Å². The fourth-order valence-electron chi connectivity index (χ4n) is 5.79. The lowest BCUT2D eigenvalue weighted by molar-refractivity contribution is -0.00000858. The molecule has 0 atom stereocenters. The molecule has 4 rings (SSSR count). The van der Waals surface area contributed by atoms with Gasteiger partial charge in [-0.15, -0.1) is 0 Å². The van der Waals surface area contributed by atoms with E-state index < -0.39 is 7.26 Å². The van der Waals surface area contributed by atoms with Gasteiger partial charge in [0.25, 0.3) is 0 Å². The van der Waals surface area contributed by atoms with Gasteiger partial charge in [0.05, 0.1) is 12.8 Å². The number of rotatable bonds is 19. The van der Waals surface area contributed by atoms with E-state index in [1.807, 2.05) is 0 Å². The highest BCUT2D eigenvalue weighted by Crippen LogP contribution is 2.56. The molecule has 4 aromatic carbocycles. The van der Waals surface area contributed by atoms with E-state index in [-0.39, 0.29) is 17.0 Å². The first-order valence-electron chi connectivity index (χ1n) is 15.6. The van der Waals surface area contributed by atoms with Crippen molar-refractivity contribution in [3.63, 3.8) is 0 Å². The summed E-state index contributed by atoms with van der Waals surface area (Å²) in [7, 11) is -1.66. The lowest BCUT2D eigenvalue weighted by atomic mass is 10.1. The minimum absolute atomic E-state index is 0. The van der Waals surface area contributed by atoms with Crippen LogP contribution in [0, 0.1) is 0 Å². The van der Waals surface area contributed by atoms with Gasteiger partial charge in [-0.25, -0.2) is 0 Å². The van der Waals surface area contributed by atoms with Gasteiger partial charge in [-0.05, 0) is 61.2 Å². The molecule has 0 N–H and O–H groups in total. The van der Waals surface area contributed by atoms with Gasteiger partial charge in [-0.3, -0.25) is 0 Å². The van der Waals surface area contributed by atoms with Gasteiger partial charge in [-0.2, -0.15) is 0 Å².